The van der Waals surface area contributed by atoms with Crippen molar-refractivity contribution in [2.75, 3.05) is 12.8 Å². The summed E-state index contributed by atoms with van der Waals surface area (Å²) in [7, 11) is 1.64. The summed E-state index contributed by atoms with van der Waals surface area (Å²) >= 11 is 0. The molecule has 2 N–H and O–H groups in total. The van der Waals surface area contributed by atoms with Crippen molar-refractivity contribution in [2.24, 2.45) is 0 Å². The fourth-order valence-corrected chi connectivity index (χ4v) is 1.41. The van der Waals surface area contributed by atoms with E-state index in [1.165, 1.54) is 0 Å². The second-order valence-corrected chi connectivity index (χ2v) is 3.18. The first-order valence-electron chi connectivity index (χ1n) is 4.66. The molecule has 0 aliphatic rings. The molecule has 0 unspecified atom stereocenters. The second-order valence-electron chi connectivity index (χ2n) is 3.18. The maximum atomic E-state index is 5.62. The van der Waals surface area contributed by atoms with Gasteiger partial charge >= 0.3 is 0 Å². The molecule has 3 heteroatoms. The number of anilines is 1. The summed E-state index contributed by atoms with van der Waals surface area (Å²) in [4.78, 5) is 4.28. The molecule has 0 radical (unpaired) electrons. The van der Waals surface area contributed by atoms with Crippen molar-refractivity contribution in [3.8, 4) is 17.0 Å². The third kappa shape index (κ3) is 1.91. The maximum absolute atomic E-state index is 5.62. The first-order valence-corrected chi connectivity index (χ1v) is 4.66. The lowest BCUT2D eigenvalue weighted by atomic mass is 10.1. The van der Waals surface area contributed by atoms with E-state index in [1.807, 2.05) is 36.4 Å². The first-order chi connectivity index (χ1) is 7.31. The predicted octanol–water partition coefficient (Wildman–Crippen LogP) is 2.34. The van der Waals surface area contributed by atoms with Crippen LogP contribution in [-0.2, 0) is 0 Å². The molecule has 1 heterocycles. The summed E-state index contributed by atoms with van der Waals surface area (Å²) in [6.45, 7) is 0. The van der Waals surface area contributed by atoms with Crippen LogP contribution < -0.4 is 10.5 Å². The summed E-state index contributed by atoms with van der Waals surface area (Å²) in [5.74, 6) is 0.766. The van der Waals surface area contributed by atoms with Crippen LogP contribution >= 0.6 is 0 Å². The molecule has 0 atom stereocenters. The summed E-state index contributed by atoms with van der Waals surface area (Å²) in [6.07, 6.45) is 1.74. The Kier molecular flexibility index (Phi) is 2.54. The number of pyridine rings is 1. The van der Waals surface area contributed by atoms with E-state index in [9.17, 15) is 0 Å². The van der Waals surface area contributed by atoms with E-state index in [1.54, 1.807) is 13.3 Å². The number of methoxy groups -OCH3 is 1. The molecule has 0 fully saturated rings. The van der Waals surface area contributed by atoms with Crippen LogP contribution in [0.4, 0.5) is 5.69 Å². The van der Waals surface area contributed by atoms with Gasteiger partial charge in [0.25, 0.3) is 0 Å². The highest BCUT2D eigenvalue weighted by Crippen LogP contribution is 2.27. The van der Waals surface area contributed by atoms with Crippen LogP contribution in [0.25, 0.3) is 11.3 Å². The lowest BCUT2D eigenvalue weighted by Gasteiger charge is -2.06. The fraction of sp³-hybridized carbons (Fsp3) is 0.0833. The SMILES string of the molecule is COc1cccnc1-c1ccc(N)cc1. The molecule has 2 aromatic rings. The van der Waals surface area contributed by atoms with E-state index in [4.69, 9.17) is 10.5 Å². The Morgan fingerprint density at radius 2 is 1.87 bits per heavy atom. The molecule has 3 nitrogen and oxygen atoms in total. The molecule has 0 saturated carbocycles. The molecule has 15 heavy (non-hydrogen) atoms. The van der Waals surface area contributed by atoms with E-state index in [2.05, 4.69) is 4.98 Å². The Hall–Kier alpha value is -2.03. The minimum atomic E-state index is 0.744. The highest BCUT2D eigenvalue weighted by Gasteiger charge is 2.05. The van der Waals surface area contributed by atoms with Crippen LogP contribution in [0.5, 0.6) is 5.75 Å². The number of ether oxygens (including phenoxy) is 1. The molecule has 0 spiro atoms. The smallest absolute Gasteiger partial charge is 0.145 e. The van der Waals surface area contributed by atoms with Crippen molar-refractivity contribution in [3.05, 3.63) is 42.6 Å². The van der Waals surface area contributed by atoms with E-state index in [0.29, 0.717) is 0 Å². The van der Waals surface area contributed by atoms with Crippen molar-refractivity contribution in [1.82, 2.24) is 4.98 Å². The van der Waals surface area contributed by atoms with E-state index in [0.717, 1.165) is 22.7 Å². The van der Waals surface area contributed by atoms with Crippen LogP contribution in [0.15, 0.2) is 42.6 Å². The largest absolute Gasteiger partial charge is 0.494 e. The standard InChI is InChI=1S/C12H12N2O/c1-15-11-3-2-8-14-12(11)9-4-6-10(13)7-5-9/h2-8H,13H2,1H3. The van der Waals surface area contributed by atoms with Crippen LogP contribution in [0.2, 0.25) is 0 Å². The predicted molar refractivity (Wildman–Crippen MR) is 60.6 cm³/mol. The van der Waals surface area contributed by atoms with Crippen molar-refractivity contribution in [1.29, 1.82) is 0 Å². The fourth-order valence-electron chi connectivity index (χ4n) is 1.41. The zero-order valence-electron chi connectivity index (χ0n) is 8.47. The Morgan fingerprint density at radius 3 is 2.53 bits per heavy atom. The quantitative estimate of drug-likeness (QED) is 0.757. The molecule has 1 aromatic carbocycles. The zero-order chi connectivity index (χ0) is 10.7. The third-order valence-electron chi connectivity index (χ3n) is 2.17. The van der Waals surface area contributed by atoms with E-state index >= 15 is 0 Å². The van der Waals surface area contributed by atoms with Crippen molar-refractivity contribution >= 4 is 5.69 Å². The lowest BCUT2D eigenvalue weighted by Crippen LogP contribution is -1.91. The van der Waals surface area contributed by atoms with Gasteiger partial charge in [-0.2, -0.15) is 0 Å². The molecular weight excluding hydrogens is 188 g/mol. The number of rotatable bonds is 2. The molecule has 0 saturated heterocycles. The van der Waals surface area contributed by atoms with E-state index in [-0.39, 0.29) is 0 Å². The number of nitrogens with zero attached hydrogens (tertiary/aromatic N) is 1. The van der Waals surface area contributed by atoms with Gasteiger partial charge in [0.15, 0.2) is 0 Å². The van der Waals surface area contributed by atoms with Gasteiger partial charge in [-0.3, -0.25) is 4.98 Å². The van der Waals surface area contributed by atoms with Gasteiger partial charge in [-0.1, -0.05) is 12.1 Å². The molecular formula is C12H12N2O. The monoisotopic (exact) mass is 200 g/mol. The number of hydrogen-bond donors (Lipinski definition) is 1. The molecule has 1 aromatic heterocycles. The number of aromatic nitrogens is 1. The highest BCUT2D eigenvalue weighted by atomic mass is 16.5. The van der Waals surface area contributed by atoms with Crippen molar-refractivity contribution in [3.63, 3.8) is 0 Å². The number of benzene rings is 1. The van der Waals surface area contributed by atoms with Gasteiger partial charge in [0.1, 0.15) is 11.4 Å². The summed E-state index contributed by atoms with van der Waals surface area (Å²) in [5.41, 5.74) is 8.20. The average Bonchev–Trinajstić information content (AvgIpc) is 2.30. The topological polar surface area (TPSA) is 48.1 Å². The minimum absolute atomic E-state index is 0.744. The molecule has 0 aliphatic heterocycles. The van der Waals surface area contributed by atoms with Crippen molar-refractivity contribution < 1.29 is 4.74 Å². The van der Waals surface area contributed by atoms with Crippen LogP contribution in [0.1, 0.15) is 0 Å². The van der Waals surface area contributed by atoms with E-state index < -0.39 is 0 Å². The van der Waals surface area contributed by atoms with Gasteiger partial charge in [-0.15, -0.1) is 0 Å². The van der Waals surface area contributed by atoms with Gasteiger partial charge in [-0.25, -0.2) is 0 Å². The molecule has 76 valence electrons. The minimum Gasteiger partial charge on any atom is -0.494 e. The molecule has 0 aliphatic carbocycles. The second kappa shape index (κ2) is 4.00. The van der Waals surface area contributed by atoms with Crippen LogP contribution in [0, 0.1) is 0 Å². The van der Waals surface area contributed by atoms with Gasteiger partial charge in [0, 0.05) is 17.4 Å². The molecule has 0 bridgehead atoms. The van der Waals surface area contributed by atoms with Crippen LogP contribution in [0.3, 0.4) is 0 Å². The Morgan fingerprint density at radius 1 is 1.13 bits per heavy atom. The Labute approximate surface area is 88.5 Å². The first kappa shape index (κ1) is 9.52. The lowest BCUT2D eigenvalue weighted by molar-refractivity contribution is 0.415. The summed E-state index contributed by atoms with van der Waals surface area (Å²) < 4.78 is 5.24. The maximum Gasteiger partial charge on any atom is 0.145 e. The zero-order valence-corrected chi connectivity index (χ0v) is 8.47. The summed E-state index contributed by atoms with van der Waals surface area (Å²) in [6, 6.07) is 11.3. The van der Waals surface area contributed by atoms with Crippen LogP contribution in [-0.4, -0.2) is 12.1 Å². The highest BCUT2D eigenvalue weighted by molar-refractivity contribution is 5.67. The van der Waals surface area contributed by atoms with Gasteiger partial charge in [0.2, 0.25) is 0 Å². The average molecular weight is 200 g/mol. The molecule has 0 amide bonds. The van der Waals surface area contributed by atoms with Gasteiger partial charge in [-0.05, 0) is 24.3 Å². The number of nitrogens with two attached hydrogens (primary N) is 1. The Balaban J connectivity index is 2.49. The van der Waals surface area contributed by atoms with Gasteiger partial charge in [0.05, 0.1) is 7.11 Å². The third-order valence-corrected chi connectivity index (χ3v) is 2.17. The summed E-state index contributed by atoms with van der Waals surface area (Å²) in [5, 5.41) is 0. The number of hydrogen-bond acceptors (Lipinski definition) is 3. The number of nitrogen functional groups attached to an aromatic ring is 1. The Bertz CT molecular complexity index is 451. The van der Waals surface area contributed by atoms with Crippen molar-refractivity contribution in [2.45, 2.75) is 0 Å². The van der Waals surface area contributed by atoms with Gasteiger partial charge < -0.3 is 10.5 Å². The molecule has 2 rings (SSSR count). The normalized spacial score (nSPS) is 9.93.